The molecule has 0 amide bonds. The first-order valence-electron chi connectivity index (χ1n) is 7.58. The number of ether oxygens (including phenoxy) is 3. The highest BCUT2D eigenvalue weighted by Gasteiger charge is 2.26. The van der Waals surface area contributed by atoms with Gasteiger partial charge in [-0.1, -0.05) is 0 Å². The Morgan fingerprint density at radius 3 is 2.07 bits per heavy atom. The average molecular weight is 376 g/mol. The van der Waals surface area contributed by atoms with Gasteiger partial charge in [0.1, 0.15) is 16.9 Å². The summed E-state index contributed by atoms with van der Waals surface area (Å²) in [7, 11) is 3.75. The van der Waals surface area contributed by atoms with Crippen LogP contribution in [0.25, 0.3) is 22.3 Å². The van der Waals surface area contributed by atoms with E-state index in [0.717, 1.165) is 18.2 Å². The molecule has 142 valence electrons. The monoisotopic (exact) mass is 376 g/mol. The Morgan fingerprint density at radius 1 is 0.815 bits per heavy atom. The molecular formula is C18H16O9. The average Bonchev–Trinajstić information content (AvgIpc) is 2.63. The Kier molecular flexibility index (Phi) is 4.36. The highest BCUT2D eigenvalue weighted by atomic mass is 16.5. The van der Waals surface area contributed by atoms with E-state index < -0.39 is 16.9 Å². The van der Waals surface area contributed by atoms with E-state index in [1.165, 1.54) is 21.3 Å². The Balaban J connectivity index is 2.39. The predicted molar refractivity (Wildman–Crippen MR) is 94.2 cm³/mol. The van der Waals surface area contributed by atoms with Gasteiger partial charge in [0.25, 0.3) is 0 Å². The summed E-state index contributed by atoms with van der Waals surface area (Å²) >= 11 is 0. The van der Waals surface area contributed by atoms with Gasteiger partial charge in [-0.3, -0.25) is 4.79 Å². The van der Waals surface area contributed by atoms with Gasteiger partial charge in [-0.05, 0) is 6.07 Å². The lowest BCUT2D eigenvalue weighted by atomic mass is 10.1. The molecule has 0 aliphatic rings. The van der Waals surface area contributed by atoms with E-state index in [-0.39, 0.29) is 51.0 Å². The first-order valence-corrected chi connectivity index (χ1v) is 7.58. The fourth-order valence-corrected chi connectivity index (χ4v) is 2.75. The zero-order chi connectivity index (χ0) is 19.9. The number of rotatable bonds is 4. The minimum Gasteiger partial charge on any atom is -0.507 e. The van der Waals surface area contributed by atoms with Crippen LogP contribution in [-0.2, 0) is 0 Å². The second-order valence-corrected chi connectivity index (χ2v) is 5.48. The molecule has 1 heterocycles. The predicted octanol–water partition coefficient (Wildman–Crippen LogP) is 2.31. The maximum atomic E-state index is 12.6. The Labute approximate surface area is 152 Å². The Hall–Kier alpha value is -3.75. The number of phenols is 4. The van der Waals surface area contributed by atoms with Crippen molar-refractivity contribution >= 4 is 11.0 Å². The number of hydrogen-bond donors (Lipinski definition) is 4. The summed E-state index contributed by atoms with van der Waals surface area (Å²) in [4.78, 5) is 12.6. The van der Waals surface area contributed by atoms with E-state index in [0.29, 0.717) is 0 Å². The molecule has 0 atom stereocenters. The second kappa shape index (κ2) is 6.52. The van der Waals surface area contributed by atoms with Crippen LogP contribution in [-0.4, -0.2) is 41.8 Å². The van der Waals surface area contributed by atoms with Crippen molar-refractivity contribution in [1.82, 2.24) is 0 Å². The molecule has 2 aromatic carbocycles. The van der Waals surface area contributed by atoms with Crippen LogP contribution in [0.1, 0.15) is 0 Å². The van der Waals surface area contributed by atoms with E-state index in [9.17, 15) is 25.2 Å². The molecule has 4 N–H and O–H groups in total. The van der Waals surface area contributed by atoms with Crippen LogP contribution < -0.4 is 19.6 Å². The highest BCUT2D eigenvalue weighted by Crippen LogP contribution is 2.49. The topological polar surface area (TPSA) is 139 Å². The molecule has 0 saturated heterocycles. The summed E-state index contributed by atoms with van der Waals surface area (Å²) in [5.74, 6) is -2.49. The lowest BCUT2D eigenvalue weighted by Crippen LogP contribution is -2.03. The normalized spacial score (nSPS) is 10.8. The maximum absolute atomic E-state index is 12.6. The van der Waals surface area contributed by atoms with E-state index in [1.54, 1.807) is 0 Å². The molecule has 0 fully saturated rings. The lowest BCUT2D eigenvalue weighted by Gasteiger charge is -2.14. The van der Waals surface area contributed by atoms with Gasteiger partial charge < -0.3 is 39.1 Å². The van der Waals surface area contributed by atoms with Gasteiger partial charge >= 0.3 is 0 Å². The van der Waals surface area contributed by atoms with Crippen LogP contribution in [0.3, 0.4) is 0 Å². The summed E-state index contributed by atoms with van der Waals surface area (Å²) in [5, 5.41) is 40.3. The summed E-state index contributed by atoms with van der Waals surface area (Å²) in [6.07, 6.45) is 0. The standard InChI is InChI=1S/C18H16O9/c1-24-12-5-8(19)7(4-9(12)20)11-6-10(21)13-14(22)17(25-2)15(23)18(26-3)16(13)27-11/h4-6,19-20,22-23H,1-3H3. The van der Waals surface area contributed by atoms with Gasteiger partial charge in [0.15, 0.2) is 28.3 Å². The van der Waals surface area contributed by atoms with E-state index in [4.69, 9.17) is 18.6 Å². The zero-order valence-electron chi connectivity index (χ0n) is 14.6. The van der Waals surface area contributed by atoms with E-state index in [1.807, 2.05) is 0 Å². The Bertz CT molecular complexity index is 1100. The number of phenolic OH excluding ortho intramolecular Hbond substituents is 4. The third kappa shape index (κ3) is 2.69. The largest absolute Gasteiger partial charge is 0.507 e. The minimum absolute atomic E-state index is 0.0100. The van der Waals surface area contributed by atoms with Gasteiger partial charge in [-0.15, -0.1) is 0 Å². The van der Waals surface area contributed by atoms with Crippen molar-refractivity contribution in [1.29, 1.82) is 0 Å². The third-order valence-electron chi connectivity index (χ3n) is 4.01. The quantitative estimate of drug-likeness (QED) is 0.505. The third-order valence-corrected chi connectivity index (χ3v) is 4.01. The van der Waals surface area contributed by atoms with Crippen LogP contribution in [0.2, 0.25) is 0 Å². The molecule has 0 aliphatic carbocycles. The molecule has 3 rings (SSSR count). The van der Waals surface area contributed by atoms with Gasteiger partial charge in [0.2, 0.25) is 17.2 Å². The van der Waals surface area contributed by atoms with Crippen LogP contribution in [0.5, 0.6) is 40.2 Å². The van der Waals surface area contributed by atoms with E-state index >= 15 is 0 Å². The summed E-state index contributed by atoms with van der Waals surface area (Å²) in [5.41, 5.74) is -0.954. The lowest BCUT2D eigenvalue weighted by molar-refractivity contribution is 0.323. The van der Waals surface area contributed by atoms with Crippen LogP contribution in [0.4, 0.5) is 0 Å². The van der Waals surface area contributed by atoms with Crippen molar-refractivity contribution in [3.8, 4) is 51.6 Å². The van der Waals surface area contributed by atoms with Crippen molar-refractivity contribution in [2.24, 2.45) is 0 Å². The number of benzene rings is 2. The molecule has 27 heavy (non-hydrogen) atoms. The van der Waals surface area contributed by atoms with Crippen molar-refractivity contribution in [2.45, 2.75) is 0 Å². The number of methoxy groups -OCH3 is 3. The van der Waals surface area contributed by atoms with Crippen LogP contribution >= 0.6 is 0 Å². The summed E-state index contributed by atoms with van der Waals surface area (Å²) in [6.45, 7) is 0. The minimum atomic E-state index is -0.685. The molecular weight excluding hydrogens is 360 g/mol. The van der Waals surface area contributed by atoms with Crippen LogP contribution in [0.15, 0.2) is 27.4 Å². The summed E-state index contributed by atoms with van der Waals surface area (Å²) < 4.78 is 20.5. The SMILES string of the molecule is COc1cc(O)c(-c2cc(=O)c3c(O)c(OC)c(O)c(OC)c3o2)cc1O. The molecule has 0 bridgehead atoms. The molecule has 1 aromatic heterocycles. The van der Waals surface area contributed by atoms with Gasteiger partial charge in [0.05, 0.1) is 26.9 Å². The molecule has 9 heteroatoms. The van der Waals surface area contributed by atoms with Crippen molar-refractivity contribution in [2.75, 3.05) is 21.3 Å². The molecule has 9 nitrogen and oxygen atoms in total. The van der Waals surface area contributed by atoms with E-state index in [2.05, 4.69) is 0 Å². The van der Waals surface area contributed by atoms with Crippen LogP contribution in [0, 0.1) is 0 Å². The first kappa shape index (κ1) is 18.1. The molecule has 0 spiro atoms. The van der Waals surface area contributed by atoms with Gasteiger partial charge in [-0.25, -0.2) is 0 Å². The molecule has 0 aliphatic heterocycles. The number of aromatic hydroxyl groups is 4. The maximum Gasteiger partial charge on any atom is 0.208 e. The number of fused-ring (bicyclic) bond motifs is 1. The van der Waals surface area contributed by atoms with Gasteiger partial charge in [0, 0.05) is 12.1 Å². The highest BCUT2D eigenvalue weighted by molar-refractivity contribution is 5.95. The fourth-order valence-electron chi connectivity index (χ4n) is 2.75. The summed E-state index contributed by atoms with van der Waals surface area (Å²) in [6, 6.07) is 3.31. The van der Waals surface area contributed by atoms with Crippen molar-refractivity contribution in [3.63, 3.8) is 0 Å². The fraction of sp³-hybridized carbons (Fsp3) is 0.167. The van der Waals surface area contributed by atoms with Crippen molar-refractivity contribution < 1.29 is 39.1 Å². The Morgan fingerprint density at radius 2 is 1.48 bits per heavy atom. The first-order chi connectivity index (χ1) is 12.8. The van der Waals surface area contributed by atoms with Crippen molar-refractivity contribution in [3.05, 3.63) is 28.4 Å². The smallest absolute Gasteiger partial charge is 0.208 e. The molecule has 3 aromatic rings. The zero-order valence-corrected chi connectivity index (χ0v) is 14.6. The van der Waals surface area contributed by atoms with Gasteiger partial charge in [-0.2, -0.15) is 0 Å². The number of hydrogen-bond acceptors (Lipinski definition) is 9. The molecule has 0 unspecified atom stereocenters. The molecule has 0 radical (unpaired) electrons. The second-order valence-electron chi connectivity index (χ2n) is 5.48. The molecule has 0 saturated carbocycles.